The predicted molar refractivity (Wildman–Crippen MR) is 205 cm³/mol. The Morgan fingerprint density at radius 2 is 1.61 bits per heavy atom. The van der Waals surface area contributed by atoms with E-state index in [1.807, 2.05) is 0 Å². The Kier molecular flexibility index (Phi) is 13.2. The lowest BCUT2D eigenvalue weighted by atomic mass is 9.78. The molecule has 0 saturated heterocycles. The van der Waals surface area contributed by atoms with Gasteiger partial charge in [0.2, 0.25) is 5.91 Å². The average Bonchev–Trinajstić information content (AvgIpc) is 3.41. The summed E-state index contributed by atoms with van der Waals surface area (Å²) in [6, 6.07) is 0. The number of benzene rings is 2. The summed E-state index contributed by atoms with van der Waals surface area (Å²) in [5, 5.41) is 63.2. The molecule has 2 aromatic rings. The summed E-state index contributed by atoms with van der Waals surface area (Å²) in [5.41, 5.74) is 1.28. The van der Waals surface area contributed by atoms with Gasteiger partial charge in [-0.15, -0.1) is 0 Å². The number of hydrazone groups is 1. The third kappa shape index (κ3) is 8.37. The van der Waals surface area contributed by atoms with E-state index in [0.717, 1.165) is 12.5 Å². The molecule has 16 heteroatoms. The second-order valence-electron chi connectivity index (χ2n) is 14.5. The maximum atomic E-state index is 14.2. The van der Waals surface area contributed by atoms with Crippen LogP contribution < -0.4 is 15.5 Å². The highest BCUT2D eigenvalue weighted by atomic mass is 16.7. The number of anilines is 1. The number of phenols is 3. The number of aliphatic hydroxyl groups excluding tert-OH is 2. The number of Topliss-reactive ketones (excluding diaryl/α,β-unsaturated/α-hetero) is 1. The molecule has 5 rings (SSSR count). The zero-order valence-corrected chi connectivity index (χ0v) is 33.0. The van der Waals surface area contributed by atoms with Crippen LogP contribution >= 0.6 is 0 Å². The molecule has 0 radical (unpaired) electrons. The molecule has 5 bridgehead atoms. The van der Waals surface area contributed by atoms with Crippen molar-refractivity contribution in [1.82, 2.24) is 5.43 Å². The second-order valence-corrected chi connectivity index (χ2v) is 14.5. The largest absolute Gasteiger partial charge is 0.507 e. The standard InChI is InChI=1S/C40H51N3O13/c1-17-12-11-13-18(2)39(52)42-30-25(16-41-43-23(7)44)34(49)27-28(35(30)50)33(48)22(6)37-29(27)38(51)40(9,56-37)54-15-14-26(53-10)19(3)36(55-24(8)45)21(5)32(47)20(4)31(17)46/h11-17,19-21,26,31-32,36,46-50H,1-10H3,(H,42,52)(H,43,44)/b12-11+,15-14+,18-13?,41-16-. The van der Waals surface area contributed by atoms with Crippen LogP contribution in [0.2, 0.25) is 0 Å². The number of carbonyl (C=O) groups is 4. The van der Waals surface area contributed by atoms with Crippen LogP contribution in [0.4, 0.5) is 5.69 Å². The molecule has 7 N–H and O–H groups in total. The molecule has 304 valence electrons. The summed E-state index contributed by atoms with van der Waals surface area (Å²) < 4.78 is 23.3. The zero-order valence-electron chi connectivity index (χ0n) is 33.0. The number of ketones is 1. The van der Waals surface area contributed by atoms with E-state index in [1.54, 1.807) is 33.8 Å². The molecule has 0 spiro atoms. The van der Waals surface area contributed by atoms with Crippen molar-refractivity contribution < 1.29 is 63.7 Å². The molecule has 3 aliphatic rings. The topological polar surface area (TPSA) is 243 Å². The van der Waals surface area contributed by atoms with Crippen LogP contribution in [0.5, 0.6) is 23.0 Å². The molecule has 9 atom stereocenters. The Labute approximate surface area is 324 Å². The number of methoxy groups -OCH3 is 1. The van der Waals surface area contributed by atoms with Gasteiger partial charge in [-0.3, -0.25) is 19.2 Å². The Morgan fingerprint density at radius 1 is 0.946 bits per heavy atom. The Bertz CT molecular complexity index is 2020. The number of nitrogens with one attached hydrogen (secondary N) is 2. The van der Waals surface area contributed by atoms with Gasteiger partial charge in [0.15, 0.2) is 5.75 Å². The highest BCUT2D eigenvalue weighted by Gasteiger charge is 2.50. The molecule has 0 saturated carbocycles. The van der Waals surface area contributed by atoms with Crippen LogP contribution in [0, 0.1) is 30.6 Å². The number of aliphatic hydroxyl groups is 2. The van der Waals surface area contributed by atoms with E-state index >= 15 is 0 Å². The molecule has 0 aliphatic carbocycles. The van der Waals surface area contributed by atoms with Gasteiger partial charge in [-0.05, 0) is 19.9 Å². The number of allylic oxidation sites excluding steroid dienone is 2. The van der Waals surface area contributed by atoms with Crippen molar-refractivity contribution >= 4 is 46.2 Å². The summed E-state index contributed by atoms with van der Waals surface area (Å²) in [6.07, 6.45) is 4.19. The first-order chi connectivity index (χ1) is 26.2. The number of esters is 1. The summed E-state index contributed by atoms with van der Waals surface area (Å²) in [7, 11) is 1.41. The Balaban J connectivity index is 1.98. The zero-order chi connectivity index (χ0) is 42.0. The SMILES string of the molecule is COC1/C=C/OC2(C)Oc3c(C)c(O)c4c(O)c(c(/C=N\NC(C)=O)c(O)c4c3C2=O)NC(=O)C(C)=C/C=C/C(C)C(O)C(C)C(O)C(C)C(OC(C)=O)C1C. The lowest BCUT2D eigenvalue weighted by Crippen LogP contribution is -2.46. The number of rotatable bonds is 4. The second kappa shape index (κ2) is 17.1. The average molecular weight is 782 g/mol. The monoisotopic (exact) mass is 781 g/mol. The van der Waals surface area contributed by atoms with Crippen LogP contribution in [-0.2, 0) is 28.6 Å². The number of ether oxygens (including phenoxy) is 4. The van der Waals surface area contributed by atoms with Crippen LogP contribution in [0.25, 0.3) is 10.8 Å². The van der Waals surface area contributed by atoms with E-state index in [9.17, 15) is 44.7 Å². The molecule has 0 aromatic heterocycles. The van der Waals surface area contributed by atoms with Crippen molar-refractivity contribution in [3.05, 3.63) is 52.8 Å². The lowest BCUT2D eigenvalue weighted by molar-refractivity contribution is -0.160. The van der Waals surface area contributed by atoms with Gasteiger partial charge in [0.05, 0.1) is 53.0 Å². The maximum absolute atomic E-state index is 14.2. The molecule has 0 fully saturated rings. The minimum Gasteiger partial charge on any atom is -0.507 e. The van der Waals surface area contributed by atoms with Crippen LogP contribution in [0.1, 0.15) is 76.9 Å². The number of amides is 2. The summed E-state index contributed by atoms with van der Waals surface area (Å²) in [5.74, 6) is -9.60. The van der Waals surface area contributed by atoms with Crippen LogP contribution in [0.15, 0.2) is 41.2 Å². The van der Waals surface area contributed by atoms with Crippen molar-refractivity contribution in [3.8, 4) is 23.0 Å². The van der Waals surface area contributed by atoms with Gasteiger partial charge in [0.1, 0.15) is 23.4 Å². The third-order valence-corrected chi connectivity index (χ3v) is 10.4. The Hall–Kier alpha value is -5.45. The minimum absolute atomic E-state index is 0.00113. The van der Waals surface area contributed by atoms with Gasteiger partial charge in [0.25, 0.3) is 11.7 Å². The highest BCUT2D eigenvalue weighted by molar-refractivity contribution is 6.23. The highest BCUT2D eigenvalue weighted by Crippen LogP contribution is 2.55. The number of hydrogen-bond donors (Lipinski definition) is 7. The maximum Gasteiger partial charge on any atom is 0.312 e. The molecular formula is C40H51N3O13. The molecular weight excluding hydrogens is 730 g/mol. The van der Waals surface area contributed by atoms with Crippen molar-refractivity contribution in [2.45, 2.75) is 92.5 Å². The van der Waals surface area contributed by atoms with E-state index in [-0.39, 0.29) is 33.4 Å². The van der Waals surface area contributed by atoms with E-state index in [1.165, 1.54) is 60.0 Å². The lowest BCUT2D eigenvalue weighted by Gasteiger charge is -2.38. The smallest absolute Gasteiger partial charge is 0.312 e. The summed E-state index contributed by atoms with van der Waals surface area (Å²) >= 11 is 0. The fourth-order valence-electron chi connectivity index (χ4n) is 7.06. The van der Waals surface area contributed by atoms with Gasteiger partial charge >= 0.3 is 11.8 Å². The number of nitrogens with zero attached hydrogens (tertiary/aromatic N) is 1. The van der Waals surface area contributed by atoms with E-state index < -0.39 is 106 Å². The quantitative estimate of drug-likeness (QED) is 0.0757. The van der Waals surface area contributed by atoms with Crippen molar-refractivity contribution in [3.63, 3.8) is 0 Å². The number of carbonyl (C=O) groups excluding carboxylic acids is 4. The fourth-order valence-corrected chi connectivity index (χ4v) is 7.06. The fraction of sp³-hybridized carbons (Fsp3) is 0.475. The molecule has 56 heavy (non-hydrogen) atoms. The normalized spacial score (nSPS) is 30.0. The van der Waals surface area contributed by atoms with Gasteiger partial charge in [-0.25, -0.2) is 5.43 Å². The molecule has 2 amide bonds. The molecule has 3 heterocycles. The van der Waals surface area contributed by atoms with Crippen molar-refractivity contribution in [2.24, 2.45) is 28.8 Å². The van der Waals surface area contributed by atoms with Gasteiger partial charge in [0, 0.05) is 68.1 Å². The third-order valence-electron chi connectivity index (χ3n) is 10.4. The molecule has 2 aromatic carbocycles. The molecule has 9 unspecified atom stereocenters. The molecule has 16 nitrogen and oxygen atoms in total. The van der Waals surface area contributed by atoms with Gasteiger partial charge in [-0.1, -0.05) is 45.9 Å². The van der Waals surface area contributed by atoms with Crippen molar-refractivity contribution in [1.29, 1.82) is 0 Å². The van der Waals surface area contributed by atoms with E-state index in [0.29, 0.717) is 0 Å². The van der Waals surface area contributed by atoms with Crippen molar-refractivity contribution in [2.75, 3.05) is 12.4 Å². The van der Waals surface area contributed by atoms with Gasteiger partial charge < -0.3 is 49.8 Å². The first kappa shape index (κ1) is 43.3. The number of phenolic OH excluding ortho intramolecular Hbond substituents is 3. The minimum atomic E-state index is -2.09. The summed E-state index contributed by atoms with van der Waals surface area (Å²) in [4.78, 5) is 51.7. The van der Waals surface area contributed by atoms with Crippen LogP contribution in [0.3, 0.4) is 0 Å². The first-order valence-electron chi connectivity index (χ1n) is 18.1. The summed E-state index contributed by atoms with van der Waals surface area (Å²) in [6.45, 7) is 13.4. The Morgan fingerprint density at radius 3 is 2.21 bits per heavy atom. The van der Waals surface area contributed by atoms with Gasteiger partial charge in [-0.2, -0.15) is 5.10 Å². The van der Waals surface area contributed by atoms with Crippen LogP contribution in [-0.4, -0.2) is 92.6 Å². The number of fused-ring (bicyclic) bond motifs is 14. The van der Waals surface area contributed by atoms with E-state index in [4.69, 9.17) is 18.9 Å². The first-order valence-corrected chi connectivity index (χ1v) is 18.1. The van der Waals surface area contributed by atoms with E-state index in [2.05, 4.69) is 15.8 Å². The molecule has 3 aliphatic heterocycles. The predicted octanol–water partition coefficient (Wildman–Crippen LogP) is 4.22. The number of hydrogen-bond acceptors (Lipinski definition) is 14. The number of aromatic hydroxyl groups is 3.